The molecule has 34 heavy (non-hydrogen) atoms. The van der Waals surface area contributed by atoms with Gasteiger partial charge in [-0.15, -0.1) is 0 Å². The molecule has 5 aromatic carbocycles. The Morgan fingerprint density at radius 2 is 1.03 bits per heavy atom. The number of benzene rings is 5. The van der Waals surface area contributed by atoms with Crippen LogP contribution in [0, 0.1) is 0 Å². The van der Waals surface area contributed by atoms with Gasteiger partial charge in [0.2, 0.25) is 0 Å². The zero-order chi connectivity index (χ0) is 23.2. The van der Waals surface area contributed by atoms with Crippen LogP contribution < -0.4 is 15.9 Å². The number of hydrogen-bond acceptors (Lipinski definition) is 2. The third-order valence-corrected chi connectivity index (χ3v) is 9.98. The predicted octanol–water partition coefficient (Wildman–Crippen LogP) is 5.59. The summed E-state index contributed by atoms with van der Waals surface area (Å²) in [5, 5.41) is 14.9. The van der Waals surface area contributed by atoms with Crippen molar-refractivity contribution in [3.05, 3.63) is 150 Å². The van der Waals surface area contributed by atoms with E-state index in [1.165, 1.54) is 0 Å². The standard InChI is InChI=1S/C31H23O2P/c32-31(23-13-4-1-5-14-23,24-15-6-2-7-16-24)28-21-12-20-27-26-19-10-11-22-29(26)34(33,30(27)28)25-17-8-3-9-18-25/h1-22,32H. The maximum Gasteiger partial charge on any atom is 0.172 e. The average Bonchev–Trinajstić information content (AvgIpc) is 3.19. The van der Waals surface area contributed by atoms with Crippen molar-refractivity contribution in [2.75, 3.05) is 0 Å². The third-order valence-electron chi connectivity index (χ3n) is 6.78. The van der Waals surface area contributed by atoms with Gasteiger partial charge < -0.3 is 9.67 Å². The number of fused-ring (bicyclic) bond motifs is 3. The van der Waals surface area contributed by atoms with Crippen LogP contribution in [0.5, 0.6) is 0 Å². The first-order chi connectivity index (χ1) is 16.6. The van der Waals surface area contributed by atoms with Gasteiger partial charge in [-0.3, -0.25) is 0 Å². The Labute approximate surface area is 199 Å². The summed E-state index contributed by atoms with van der Waals surface area (Å²) in [5.74, 6) is 0. The highest BCUT2D eigenvalue weighted by molar-refractivity contribution is 7.86. The van der Waals surface area contributed by atoms with Crippen LogP contribution in [0.3, 0.4) is 0 Å². The Kier molecular flexibility index (Phi) is 4.88. The van der Waals surface area contributed by atoms with Gasteiger partial charge in [-0.05, 0) is 22.3 Å². The van der Waals surface area contributed by atoms with E-state index in [4.69, 9.17) is 0 Å². The molecule has 0 aromatic heterocycles. The minimum Gasteiger partial charge on any atom is -0.376 e. The van der Waals surface area contributed by atoms with Crippen LogP contribution in [-0.4, -0.2) is 5.11 Å². The van der Waals surface area contributed by atoms with Crippen LogP contribution >= 0.6 is 7.14 Å². The summed E-state index contributed by atoms with van der Waals surface area (Å²) in [6.45, 7) is 0. The van der Waals surface area contributed by atoms with Gasteiger partial charge in [0, 0.05) is 21.5 Å². The first-order valence-corrected chi connectivity index (χ1v) is 13.1. The molecule has 5 aromatic rings. The molecular formula is C31H23O2P. The molecule has 164 valence electrons. The molecule has 1 aliphatic rings. The van der Waals surface area contributed by atoms with Crippen molar-refractivity contribution in [2.45, 2.75) is 5.60 Å². The molecule has 1 atom stereocenters. The molecule has 2 nitrogen and oxygen atoms in total. The van der Waals surface area contributed by atoms with Crippen LogP contribution in [-0.2, 0) is 10.2 Å². The van der Waals surface area contributed by atoms with Crippen molar-refractivity contribution in [2.24, 2.45) is 0 Å². The summed E-state index contributed by atoms with van der Waals surface area (Å²) >= 11 is 0. The van der Waals surface area contributed by atoms with E-state index in [0.717, 1.165) is 38.2 Å². The maximum atomic E-state index is 15.3. The first kappa shape index (κ1) is 20.9. The predicted molar refractivity (Wildman–Crippen MR) is 140 cm³/mol. The second kappa shape index (κ2) is 7.95. The molecule has 0 amide bonds. The van der Waals surface area contributed by atoms with Crippen molar-refractivity contribution >= 4 is 23.1 Å². The lowest BCUT2D eigenvalue weighted by molar-refractivity contribution is 0.127. The monoisotopic (exact) mass is 458 g/mol. The SMILES string of the molecule is O=P1(c2ccccc2)c2ccccc2-c2cccc(C(O)(c3ccccc3)c3ccccc3)c21. The van der Waals surface area contributed by atoms with E-state index in [1.54, 1.807) is 0 Å². The van der Waals surface area contributed by atoms with Crippen molar-refractivity contribution in [3.63, 3.8) is 0 Å². The zero-order valence-corrected chi connectivity index (χ0v) is 19.4. The van der Waals surface area contributed by atoms with E-state index < -0.39 is 12.7 Å². The van der Waals surface area contributed by atoms with Crippen molar-refractivity contribution in [3.8, 4) is 11.1 Å². The molecule has 0 spiro atoms. The summed E-state index contributed by atoms with van der Waals surface area (Å²) in [4.78, 5) is 0. The van der Waals surface area contributed by atoms with Gasteiger partial charge in [-0.1, -0.05) is 133 Å². The fourth-order valence-electron chi connectivity index (χ4n) is 5.23. The summed E-state index contributed by atoms with van der Waals surface area (Å²) < 4.78 is 15.3. The normalized spacial score (nSPS) is 16.6. The lowest BCUT2D eigenvalue weighted by atomic mass is 9.79. The molecule has 0 aliphatic carbocycles. The van der Waals surface area contributed by atoms with Crippen LogP contribution in [0.25, 0.3) is 11.1 Å². The maximum absolute atomic E-state index is 15.3. The highest BCUT2D eigenvalue weighted by atomic mass is 31.2. The summed E-state index contributed by atoms with van der Waals surface area (Å²) in [7, 11) is -3.24. The Bertz CT molecular complexity index is 1490. The van der Waals surface area contributed by atoms with Gasteiger partial charge in [-0.25, -0.2) is 0 Å². The van der Waals surface area contributed by atoms with Crippen LogP contribution in [0.4, 0.5) is 0 Å². The second-order valence-electron chi connectivity index (χ2n) is 8.61. The summed E-state index contributed by atoms with van der Waals surface area (Å²) in [6.07, 6.45) is 0. The van der Waals surface area contributed by atoms with Gasteiger partial charge in [0.25, 0.3) is 0 Å². The summed E-state index contributed by atoms with van der Waals surface area (Å²) in [5.41, 5.74) is 2.56. The fourth-order valence-corrected chi connectivity index (χ4v) is 8.54. The van der Waals surface area contributed by atoms with Crippen LogP contribution in [0.1, 0.15) is 16.7 Å². The molecule has 0 saturated heterocycles. The zero-order valence-electron chi connectivity index (χ0n) is 18.5. The van der Waals surface area contributed by atoms with Crippen molar-refractivity contribution in [1.29, 1.82) is 0 Å². The average molecular weight is 458 g/mol. The lowest BCUT2D eigenvalue weighted by Gasteiger charge is -2.33. The van der Waals surface area contributed by atoms with Crippen molar-refractivity contribution < 1.29 is 9.67 Å². The second-order valence-corrected chi connectivity index (χ2v) is 11.3. The minimum absolute atomic E-state index is 0.658. The Morgan fingerprint density at radius 1 is 0.529 bits per heavy atom. The quantitative estimate of drug-likeness (QED) is 0.276. The number of hydrogen-bond donors (Lipinski definition) is 1. The molecular weight excluding hydrogens is 435 g/mol. The molecule has 3 heteroatoms. The van der Waals surface area contributed by atoms with Gasteiger partial charge in [0.05, 0.1) is 0 Å². The van der Waals surface area contributed by atoms with E-state index in [1.807, 2.05) is 133 Å². The Morgan fingerprint density at radius 3 is 1.65 bits per heavy atom. The van der Waals surface area contributed by atoms with E-state index in [0.29, 0.717) is 5.56 Å². The molecule has 1 N–H and O–H groups in total. The largest absolute Gasteiger partial charge is 0.376 e. The van der Waals surface area contributed by atoms with E-state index in [9.17, 15) is 5.11 Å². The van der Waals surface area contributed by atoms with Gasteiger partial charge in [-0.2, -0.15) is 0 Å². The Balaban J connectivity index is 1.74. The van der Waals surface area contributed by atoms with Crippen molar-refractivity contribution in [1.82, 2.24) is 0 Å². The van der Waals surface area contributed by atoms with Crippen LogP contribution in [0.15, 0.2) is 133 Å². The first-order valence-electron chi connectivity index (χ1n) is 11.4. The molecule has 1 unspecified atom stereocenters. The van der Waals surface area contributed by atoms with Gasteiger partial charge >= 0.3 is 0 Å². The van der Waals surface area contributed by atoms with E-state index in [2.05, 4.69) is 0 Å². The fraction of sp³-hybridized carbons (Fsp3) is 0.0323. The smallest absolute Gasteiger partial charge is 0.172 e. The number of aliphatic hydroxyl groups is 1. The van der Waals surface area contributed by atoms with Gasteiger partial charge in [0.15, 0.2) is 7.14 Å². The molecule has 0 radical (unpaired) electrons. The highest BCUT2D eigenvalue weighted by Gasteiger charge is 2.46. The molecule has 1 aliphatic heterocycles. The lowest BCUT2D eigenvalue weighted by Crippen LogP contribution is -2.36. The minimum atomic E-state index is -3.24. The Hall–Kier alpha value is -3.71. The molecule has 0 saturated carbocycles. The van der Waals surface area contributed by atoms with Crippen LogP contribution in [0.2, 0.25) is 0 Å². The third kappa shape index (κ3) is 2.90. The number of rotatable bonds is 4. The molecule has 6 rings (SSSR count). The van der Waals surface area contributed by atoms with E-state index >= 15 is 4.57 Å². The highest BCUT2D eigenvalue weighted by Crippen LogP contribution is 2.55. The molecule has 1 heterocycles. The molecule has 0 fully saturated rings. The van der Waals surface area contributed by atoms with E-state index in [-0.39, 0.29) is 0 Å². The topological polar surface area (TPSA) is 37.3 Å². The van der Waals surface area contributed by atoms with Gasteiger partial charge in [0.1, 0.15) is 5.60 Å². The molecule has 0 bridgehead atoms. The summed E-state index contributed by atoms with van der Waals surface area (Å²) in [6, 6.07) is 42.8.